The van der Waals surface area contributed by atoms with E-state index in [-0.39, 0.29) is 18.2 Å². The molecule has 0 aliphatic carbocycles. The van der Waals surface area contributed by atoms with E-state index in [1.807, 2.05) is 19.1 Å². The van der Waals surface area contributed by atoms with Gasteiger partial charge in [-0.25, -0.2) is 18.1 Å². The highest BCUT2D eigenvalue weighted by Crippen LogP contribution is 2.24. The fourth-order valence-corrected chi connectivity index (χ4v) is 5.29. The summed E-state index contributed by atoms with van der Waals surface area (Å²) in [5.74, 6) is 0.440. The first-order chi connectivity index (χ1) is 14.8. The lowest BCUT2D eigenvalue weighted by atomic mass is 10.2. The Balaban J connectivity index is 1.54. The van der Waals surface area contributed by atoms with E-state index >= 15 is 0 Å². The van der Waals surface area contributed by atoms with Crippen molar-refractivity contribution in [1.82, 2.24) is 9.71 Å². The number of rotatable bonds is 10. The van der Waals surface area contributed by atoms with Gasteiger partial charge in [0.25, 0.3) is 5.91 Å². The Bertz CT molecular complexity index is 1140. The van der Waals surface area contributed by atoms with Crippen LogP contribution in [0.1, 0.15) is 26.6 Å². The number of sulfonamides is 1. The number of nitrogens with one attached hydrogen (secondary N) is 2. The van der Waals surface area contributed by atoms with Crippen LogP contribution in [0, 0.1) is 6.92 Å². The third-order valence-corrected chi connectivity index (χ3v) is 7.37. The number of anilines is 1. The molecule has 1 amide bonds. The van der Waals surface area contributed by atoms with Crippen LogP contribution >= 0.6 is 23.1 Å². The SMILES string of the molecule is C=CCNS(=O)(=O)Cc1ccc(NC(=O)c2ccc(SCc3csc(C)n3)cc2)cc1. The normalized spacial score (nSPS) is 11.3. The van der Waals surface area contributed by atoms with Gasteiger partial charge in [-0.1, -0.05) is 18.2 Å². The van der Waals surface area contributed by atoms with E-state index in [1.54, 1.807) is 59.5 Å². The zero-order chi connectivity index (χ0) is 22.3. The van der Waals surface area contributed by atoms with Crippen molar-refractivity contribution in [2.45, 2.75) is 23.3 Å². The van der Waals surface area contributed by atoms with Crippen molar-refractivity contribution < 1.29 is 13.2 Å². The molecule has 0 aliphatic rings. The first kappa shape index (κ1) is 23.2. The van der Waals surface area contributed by atoms with Crippen molar-refractivity contribution >= 4 is 44.7 Å². The molecule has 3 rings (SSSR count). The molecule has 0 spiro atoms. The first-order valence-corrected chi connectivity index (χ1v) is 13.0. The molecule has 0 atom stereocenters. The van der Waals surface area contributed by atoms with Gasteiger partial charge < -0.3 is 5.32 Å². The number of hydrogen-bond donors (Lipinski definition) is 2. The molecule has 0 fully saturated rings. The molecule has 6 nitrogen and oxygen atoms in total. The van der Waals surface area contributed by atoms with Crippen LogP contribution in [0.25, 0.3) is 0 Å². The summed E-state index contributed by atoms with van der Waals surface area (Å²) < 4.78 is 26.3. The van der Waals surface area contributed by atoms with Gasteiger partial charge >= 0.3 is 0 Å². The van der Waals surface area contributed by atoms with Crippen molar-refractivity contribution in [3.8, 4) is 0 Å². The van der Waals surface area contributed by atoms with E-state index < -0.39 is 10.0 Å². The second-order valence-corrected chi connectivity index (χ2v) is 10.6. The van der Waals surface area contributed by atoms with Gasteiger partial charge in [0.05, 0.1) is 16.5 Å². The third-order valence-electron chi connectivity index (χ3n) is 4.19. The van der Waals surface area contributed by atoms with Crippen molar-refractivity contribution in [2.24, 2.45) is 0 Å². The highest BCUT2D eigenvalue weighted by molar-refractivity contribution is 7.98. The molecule has 0 bridgehead atoms. The summed E-state index contributed by atoms with van der Waals surface area (Å²) in [7, 11) is -3.42. The number of benzene rings is 2. The van der Waals surface area contributed by atoms with E-state index in [4.69, 9.17) is 0 Å². The van der Waals surface area contributed by atoms with Gasteiger partial charge in [-0.15, -0.1) is 29.7 Å². The van der Waals surface area contributed by atoms with Crippen LogP contribution in [0.5, 0.6) is 0 Å². The second kappa shape index (κ2) is 10.7. The quantitative estimate of drug-likeness (QED) is 0.332. The van der Waals surface area contributed by atoms with Crippen LogP contribution in [-0.4, -0.2) is 25.9 Å². The van der Waals surface area contributed by atoms with Crippen molar-refractivity contribution in [3.63, 3.8) is 0 Å². The van der Waals surface area contributed by atoms with E-state index in [1.165, 1.54) is 6.08 Å². The molecule has 31 heavy (non-hydrogen) atoms. The van der Waals surface area contributed by atoms with Crippen LogP contribution in [-0.2, 0) is 21.5 Å². The van der Waals surface area contributed by atoms with E-state index in [9.17, 15) is 13.2 Å². The zero-order valence-electron chi connectivity index (χ0n) is 17.0. The minimum absolute atomic E-state index is 0.130. The lowest BCUT2D eigenvalue weighted by Crippen LogP contribution is -2.25. The molecule has 0 radical (unpaired) electrons. The lowest BCUT2D eigenvalue weighted by molar-refractivity contribution is 0.102. The summed E-state index contributed by atoms with van der Waals surface area (Å²) in [5, 5.41) is 5.95. The number of nitrogens with zero attached hydrogens (tertiary/aromatic N) is 1. The zero-order valence-corrected chi connectivity index (χ0v) is 19.4. The van der Waals surface area contributed by atoms with Gasteiger partial charge in [0.2, 0.25) is 10.0 Å². The molecular formula is C22H23N3O3S3. The smallest absolute Gasteiger partial charge is 0.255 e. The number of carbonyl (C=O) groups excluding carboxylic acids is 1. The molecule has 0 aliphatic heterocycles. The van der Waals surface area contributed by atoms with Crippen LogP contribution in [0.15, 0.2) is 71.5 Å². The Morgan fingerprint density at radius 1 is 1.16 bits per heavy atom. The highest BCUT2D eigenvalue weighted by atomic mass is 32.2. The van der Waals surface area contributed by atoms with Crippen molar-refractivity contribution in [1.29, 1.82) is 0 Å². The minimum atomic E-state index is -3.42. The largest absolute Gasteiger partial charge is 0.322 e. The summed E-state index contributed by atoms with van der Waals surface area (Å²) in [4.78, 5) is 18.0. The maximum Gasteiger partial charge on any atom is 0.255 e. The van der Waals surface area contributed by atoms with Gasteiger partial charge in [-0.05, 0) is 48.9 Å². The summed E-state index contributed by atoms with van der Waals surface area (Å²) in [6.07, 6.45) is 1.49. The fourth-order valence-electron chi connectivity index (χ4n) is 2.68. The van der Waals surface area contributed by atoms with E-state index in [0.29, 0.717) is 16.8 Å². The first-order valence-electron chi connectivity index (χ1n) is 9.47. The highest BCUT2D eigenvalue weighted by Gasteiger charge is 2.11. The summed E-state index contributed by atoms with van der Waals surface area (Å²) in [6, 6.07) is 14.2. The van der Waals surface area contributed by atoms with Crippen LogP contribution < -0.4 is 10.0 Å². The Morgan fingerprint density at radius 2 is 1.87 bits per heavy atom. The topological polar surface area (TPSA) is 88.2 Å². The average Bonchev–Trinajstić information content (AvgIpc) is 3.17. The molecule has 1 heterocycles. The fraction of sp³-hybridized carbons (Fsp3) is 0.182. The number of thioether (sulfide) groups is 1. The number of amides is 1. The standard InChI is InChI=1S/C22H23N3O3S3/c1-3-12-23-31(27,28)15-17-4-8-19(9-5-17)25-22(26)18-6-10-21(11-7-18)30-14-20-13-29-16(2)24-20/h3-11,13,23H,1,12,14-15H2,2H3,(H,25,26). The monoisotopic (exact) mass is 473 g/mol. The summed E-state index contributed by atoms with van der Waals surface area (Å²) in [6.45, 7) is 5.67. The molecule has 162 valence electrons. The van der Waals surface area contributed by atoms with Crippen molar-refractivity contribution in [2.75, 3.05) is 11.9 Å². The van der Waals surface area contributed by atoms with Gasteiger partial charge in [0.1, 0.15) is 0 Å². The minimum Gasteiger partial charge on any atom is -0.322 e. The number of aryl methyl sites for hydroxylation is 1. The molecule has 1 aromatic heterocycles. The molecule has 2 N–H and O–H groups in total. The van der Waals surface area contributed by atoms with Gasteiger partial charge in [-0.3, -0.25) is 4.79 Å². The lowest BCUT2D eigenvalue weighted by Gasteiger charge is -2.08. The van der Waals surface area contributed by atoms with E-state index in [0.717, 1.165) is 21.3 Å². The predicted octanol–water partition coefficient (Wildman–Crippen LogP) is 4.60. The molecule has 9 heteroatoms. The van der Waals surface area contributed by atoms with Crippen LogP contribution in [0.4, 0.5) is 5.69 Å². The molecule has 0 saturated heterocycles. The Labute approximate surface area is 190 Å². The van der Waals surface area contributed by atoms with Gasteiger partial charge in [0, 0.05) is 33.8 Å². The maximum atomic E-state index is 12.5. The van der Waals surface area contributed by atoms with Crippen LogP contribution in [0.3, 0.4) is 0 Å². The van der Waals surface area contributed by atoms with E-state index in [2.05, 4.69) is 27.0 Å². The summed E-state index contributed by atoms with van der Waals surface area (Å²) in [5.41, 5.74) is 2.84. The second-order valence-electron chi connectivity index (χ2n) is 6.72. The Hall–Kier alpha value is -2.46. The number of thiazole rings is 1. The maximum absolute atomic E-state index is 12.5. The molecule has 0 saturated carbocycles. The van der Waals surface area contributed by atoms with Gasteiger partial charge in [-0.2, -0.15) is 0 Å². The van der Waals surface area contributed by atoms with Gasteiger partial charge in [0.15, 0.2) is 0 Å². The molecule has 0 unspecified atom stereocenters. The predicted molar refractivity (Wildman–Crippen MR) is 128 cm³/mol. The summed E-state index contributed by atoms with van der Waals surface area (Å²) >= 11 is 3.31. The molecule has 2 aromatic carbocycles. The number of aromatic nitrogens is 1. The third kappa shape index (κ3) is 7.32. The van der Waals surface area contributed by atoms with Crippen molar-refractivity contribution in [3.05, 3.63) is 88.4 Å². The number of carbonyl (C=O) groups is 1. The average molecular weight is 474 g/mol. The Kier molecular flexibility index (Phi) is 8.03. The number of hydrogen-bond acceptors (Lipinski definition) is 6. The Morgan fingerprint density at radius 3 is 2.48 bits per heavy atom. The molecule has 3 aromatic rings. The van der Waals surface area contributed by atoms with Crippen LogP contribution in [0.2, 0.25) is 0 Å². The molecular weight excluding hydrogens is 450 g/mol.